The molecule has 5 nitrogen and oxygen atoms in total. The molecular weight excluding hydrogens is 388 g/mol. The SMILES string of the molecule is COc1cc(C(=O)N2CCC(=CC#Cc3cccc(C)n3)CC2)cc(Cl)c1OC. The maximum atomic E-state index is 12.9. The highest BCUT2D eigenvalue weighted by Crippen LogP contribution is 2.36. The summed E-state index contributed by atoms with van der Waals surface area (Å²) in [6, 6.07) is 9.08. The number of aromatic nitrogens is 1. The van der Waals surface area contributed by atoms with Crippen LogP contribution in [0.3, 0.4) is 0 Å². The van der Waals surface area contributed by atoms with Crippen molar-refractivity contribution in [2.24, 2.45) is 0 Å². The van der Waals surface area contributed by atoms with Crippen molar-refractivity contribution in [1.29, 1.82) is 0 Å². The summed E-state index contributed by atoms with van der Waals surface area (Å²) < 4.78 is 10.5. The summed E-state index contributed by atoms with van der Waals surface area (Å²) in [5.41, 5.74) is 3.44. The van der Waals surface area contributed by atoms with Crippen LogP contribution >= 0.6 is 11.6 Å². The first-order valence-corrected chi connectivity index (χ1v) is 9.73. The number of amides is 1. The number of carbonyl (C=O) groups is 1. The summed E-state index contributed by atoms with van der Waals surface area (Å²) in [5.74, 6) is 6.95. The number of halogens is 1. The van der Waals surface area contributed by atoms with Gasteiger partial charge in [0, 0.05) is 24.3 Å². The number of methoxy groups -OCH3 is 2. The first kappa shape index (κ1) is 20.8. The average Bonchev–Trinajstić information content (AvgIpc) is 2.73. The lowest BCUT2D eigenvalue weighted by Crippen LogP contribution is -2.36. The number of allylic oxidation sites excluding steroid dienone is 1. The van der Waals surface area contributed by atoms with E-state index in [4.69, 9.17) is 21.1 Å². The van der Waals surface area contributed by atoms with E-state index in [-0.39, 0.29) is 5.91 Å². The van der Waals surface area contributed by atoms with Crippen LogP contribution in [0.25, 0.3) is 0 Å². The van der Waals surface area contributed by atoms with Gasteiger partial charge in [0.15, 0.2) is 11.5 Å². The van der Waals surface area contributed by atoms with Crippen LogP contribution in [0.15, 0.2) is 42.0 Å². The quantitative estimate of drug-likeness (QED) is 0.709. The van der Waals surface area contributed by atoms with Crippen molar-refractivity contribution in [1.82, 2.24) is 9.88 Å². The fourth-order valence-electron chi connectivity index (χ4n) is 3.19. The van der Waals surface area contributed by atoms with Crippen LogP contribution in [0.4, 0.5) is 0 Å². The van der Waals surface area contributed by atoms with Gasteiger partial charge in [0.25, 0.3) is 5.91 Å². The zero-order valence-electron chi connectivity index (χ0n) is 16.8. The fourth-order valence-corrected chi connectivity index (χ4v) is 3.48. The molecule has 2 heterocycles. The molecule has 1 aromatic heterocycles. The first-order valence-electron chi connectivity index (χ1n) is 9.35. The van der Waals surface area contributed by atoms with Crippen LogP contribution in [0.1, 0.15) is 34.6 Å². The van der Waals surface area contributed by atoms with Crippen LogP contribution < -0.4 is 9.47 Å². The van der Waals surface area contributed by atoms with Crippen LogP contribution in [0, 0.1) is 18.8 Å². The van der Waals surface area contributed by atoms with Gasteiger partial charge >= 0.3 is 0 Å². The number of hydrogen-bond donors (Lipinski definition) is 0. The molecule has 1 aliphatic rings. The molecule has 2 aromatic rings. The fraction of sp³-hybridized carbons (Fsp3) is 0.304. The molecule has 1 saturated heterocycles. The third kappa shape index (κ3) is 5.10. The highest BCUT2D eigenvalue weighted by atomic mass is 35.5. The number of pyridine rings is 1. The number of carbonyl (C=O) groups excluding carboxylic acids is 1. The number of hydrogen-bond acceptors (Lipinski definition) is 4. The Hall–Kier alpha value is -2.97. The normalized spacial score (nSPS) is 13.4. The van der Waals surface area contributed by atoms with Crippen molar-refractivity contribution in [2.75, 3.05) is 27.3 Å². The lowest BCUT2D eigenvalue weighted by atomic mass is 10.0. The molecule has 0 saturated carbocycles. The Labute approximate surface area is 176 Å². The predicted octanol–water partition coefficient (Wildman–Crippen LogP) is 4.27. The molecular formula is C23H23ClN2O3. The maximum absolute atomic E-state index is 12.9. The molecule has 3 rings (SSSR count). The van der Waals surface area contributed by atoms with E-state index in [2.05, 4.69) is 16.8 Å². The minimum Gasteiger partial charge on any atom is -0.493 e. The van der Waals surface area contributed by atoms with Gasteiger partial charge in [0.05, 0.1) is 19.2 Å². The monoisotopic (exact) mass is 410 g/mol. The van der Waals surface area contributed by atoms with Gasteiger partial charge in [-0.3, -0.25) is 4.79 Å². The number of ether oxygens (including phenoxy) is 2. The van der Waals surface area contributed by atoms with E-state index >= 15 is 0 Å². The van der Waals surface area contributed by atoms with Crippen molar-refractivity contribution in [3.8, 4) is 23.3 Å². The third-order valence-electron chi connectivity index (χ3n) is 4.74. The molecule has 150 valence electrons. The summed E-state index contributed by atoms with van der Waals surface area (Å²) in [4.78, 5) is 19.1. The van der Waals surface area contributed by atoms with E-state index in [1.54, 1.807) is 12.1 Å². The summed E-state index contributed by atoms with van der Waals surface area (Å²) in [5, 5.41) is 0.354. The Balaban J connectivity index is 1.65. The van der Waals surface area contributed by atoms with Gasteiger partial charge in [0.1, 0.15) is 5.69 Å². The molecule has 0 unspecified atom stereocenters. The number of piperidine rings is 1. The van der Waals surface area contributed by atoms with Gasteiger partial charge < -0.3 is 14.4 Å². The second kappa shape index (κ2) is 9.49. The molecule has 0 bridgehead atoms. The van der Waals surface area contributed by atoms with Crippen molar-refractivity contribution in [2.45, 2.75) is 19.8 Å². The van der Waals surface area contributed by atoms with Gasteiger partial charge in [-0.15, -0.1) is 0 Å². The molecule has 0 N–H and O–H groups in total. The Bertz CT molecular complexity index is 995. The predicted molar refractivity (Wildman–Crippen MR) is 114 cm³/mol. The van der Waals surface area contributed by atoms with Gasteiger partial charge in [-0.05, 0) is 56.0 Å². The van der Waals surface area contributed by atoms with E-state index in [1.807, 2.05) is 36.1 Å². The average molecular weight is 411 g/mol. The van der Waals surface area contributed by atoms with E-state index in [0.717, 1.165) is 24.2 Å². The van der Waals surface area contributed by atoms with Crippen LogP contribution in [-0.2, 0) is 0 Å². The highest BCUT2D eigenvalue weighted by molar-refractivity contribution is 6.32. The molecule has 0 atom stereocenters. The molecule has 0 aliphatic carbocycles. The van der Waals surface area contributed by atoms with E-state index in [1.165, 1.54) is 19.8 Å². The zero-order valence-corrected chi connectivity index (χ0v) is 17.5. The van der Waals surface area contributed by atoms with E-state index in [0.29, 0.717) is 35.2 Å². The maximum Gasteiger partial charge on any atom is 0.254 e. The highest BCUT2D eigenvalue weighted by Gasteiger charge is 2.22. The van der Waals surface area contributed by atoms with Gasteiger partial charge in [-0.2, -0.15) is 0 Å². The Kier molecular flexibility index (Phi) is 6.79. The molecule has 1 amide bonds. The van der Waals surface area contributed by atoms with Gasteiger partial charge in [-0.1, -0.05) is 29.2 Å². The van der Waals surface area contributed by atoms with Crippen molar-refractivity contribution in [3.63, 3.8) is 0 Å². The molecule has 1 aromatic carbocycles. The van der Waals surface area contributed by atoms with E-state index in [9.17, 15) is 4.79 Å². The van der Waals surface area contributed by atoms with Crippen LogP contribution in [-0.4, -0.2) is 43.1 Å². The largest absolute Gasteiger partial charge is 0.493 e. The zero-order chi connectivity index (χ0) is 20.8. The molecule has 0 spiro atoms. The van der Waals surface area contributed by atoms with Gasteiger partial charge in [0.2, 0.25) is 0 Å². The Morgan fingerprint density at radius 1 is 1.21 bits per heavy atom. The lowest BCUT2D eigenvalue weighted by Gasteiger charge is -2.28. The first-order chi connectivity index (χ1) is 14.0. The molecule has 6 heteroatoms. The van der Waals surface area contributed by atoms with Crippen LogP contribution in [0.5, 0.6) is 11.5 Å². The smallest absolute Gasteiger partial charge is 0.254 e. The summed E-state index contributed by atoms with van der Waals surface area (Å²) >= 11 is 6.23. The Morgan fingerprint density at radius 2 is 1.97 bits per heavy atom. The molecule has 29 heavy (non-hydrogen) atoms. The minimum absolute atomic E-state index is 0.0676. The number of benzene rings is 1. The molecule has 1 fully saturated rings. The van der Waals surface area contributed by atoms with Crippen molar-refractivity contribution in [3.05, 3.63) is 64.0 Å². The second-order valence-electron chi connectivity index (χ2n) is 6.72. The number of aryl methyl sites for hydroxylation is 1. The topological polar surface area (TPSA) is 51.7 Å². The molecule has 0 radical (unpaired) electrons. The van der Waals surface area contributed by atoms with Crippen LogP contribution in [0.2, 0.25) is 5.02 Å². The number of rotatable bonds is 3. The van der Waals surface area contributed by atoms with Crippen molar-refractivity contribution < 1.29 is 14.3 Å². The minimum atomic E-state index is -0.0676. The number of likely N-dealkylation sites (tertiary alicyclic amines) is 1. The van der Waals surface area contributed by atoms with Crippen molar-refractivity contribution >= 4 is 17.5 Å². The second-order valence-corrected chi connectivity index (χ2v) is 7.13. The molecule has 1 aliphatic heterocycles. The van der Waals surface area contributed by atoms with Gasteiger partial charge in [-0.25, -0.2) is 4.98 Å². The lowest BCUT2D eigenvalue weighted by molar-refractivity contribution is 0.0743. The summed E-state index contributed by atoms with van der Waals surface area (Å²) in [6.45, 7) is 3.23. The number of nitrogens with zero attached hydrogens (tertiary/aromatic N) is 2. The standard InChI is InChI=1S/C23H23ClN2O3/c1-16-6-4-8-19(25-16)9-5-7-17-10-12-26(13-11-17)23(27)18-14-20(24)22(29-3)21(15-18)28-2/h4,6-8,14-15H,10-13H2,1-3H3. The Morgan fingerprint density at radius 3 is 2.62 bits per heavy atom. The van der Waals surface area contributed by atoms with E-state index < -0.39 is 0 Å². The third-order valence-corrected chi connectivity index (χ3v) is 5.02. The summed E-state index contributed by atoms with van der Waals surface area (Å²) in [6.07, 6.45) is 3.53. The summed E-state index contributed by atoms with van der Waals surface area (Å²) in [7, 11) is 3.04.